The first kappa shape index (κ1) is 12.6. The number of nitrogens with zero attached hydrogens (tertiary/aromatic N) is 4. The second-order valence-electron chi connectivity index (χ2n) is 4.14. The van der Waals surface area contributed by atoms with E-state index in [4.69, 9.17) is 5.73 Å². The lowest BCUT2D eigenvalue weighted by molar-refractivity contribution is 0.00907. The van der Waals surface area contributed by atoms with Gasteiger partial charge in [0.25, 0.3) is 6.43 Å². The Kier molecular flexibility index (Phi) is 3.10. The summed E-state index contributed by atoms with van der Waals surface area (Å²) in [5.74, 6) is 0.0637. The lowest BCUT2D eigenvalue weighted by Gasteiger charge is -2.16. The number of rotatable bonds is 3. The highest BCUT2D eigenvalue weighted by Crippen LogP contribution is 2.30. The quantitative estimate of drug-likeness (QED) is 0.917. The van der Waals surface area contributed by atoms with E-state index in [-0.39, 0.29) is 23.4 Å². The van der Waals surface area contributed by atoms with Gasteiger partial charge in [-0.1, -0.05) is 13.8 Å². The predicted octanol–water partition coefficient (Wildman–Crippen LogP) is 2.22. The summed E-state index contributed by atoms with van der Waals surface area (Å²) in [7, 11) is 0. The van der Waals surface area contributed by atoms with Gasteiger partial charge in [0.2, 0.25) is 12.2 Å². The van der Waals surface area contributed by atoms with Crippen molar-refractivity contribution in [3.8, 4) is 11.5 Å². The molecule has 1 atom stereocenters. The standard InChI is InChI=1S/C10H12F3N5/c1-4(2)8-16-5-3-15-10(14)18(9(5)17-8)7(13)6(11)12/h3-4,6-7H,1-2H3,(H2,14,15). The number of nitrogens with two attached hydrogens (primary N) is 1. The van der Waals surface area contributed by atoms with Crippen molar-refractivity contribution >= 4 is 5.95 Å². The van der Waals surface area contributed by atoms with Crippen molar-refractivity contribution in [1.82, 2.24) is 19.5 Å². The molecule has 0 radical (unpaired) electrons. The van der Waals surface area contributed by atoms with Crippen molar-refractivity contribution in [3.05, 3.63) is 12.0 Å². The number of alkyl halides is 3. The first-order valence-electron chi connectivity index (χ1n) is 5.34. The first-order valence-corrected chi connectivity index (χ1v) is 5.34. The van der Waals surface area contributed by atoms with E-state index in [1.165, 1.54) is 6.20 Å². The molecule has 0 saturated carbocycles. The minimum Gasteiger partial charge on any atom is -0.369 e. The van der Waals surface area contributed by atoms with Crippen LogP contribution in [0.1, 0.15) is 31.9 Å². The van der Waals surface area contributed by atoms with Crippen molar-refractivity contribution in [3.63, 3.8) is 0 Å². The predicted molar refractivity (Wildman–Crippen MR) is 59.1 cm³/mol. The van der Waals surface area contributed by atoms with Gasteiger partial charge in [-0.3, -0.25) is 4.57 Å². The van der Waals surface area contributed by atoms with Gasteiger partial charge in [-0.2, -0.15) is 0 Å². The van der Waals surface area contributed by atoms with Gasteiger partial charge >= 0.3 is 0 Å². The van der Waals surface area contributed by atoms with Crippen LogP contribution in [0.5, 0.6) is 0 Å². The number of imidazole rings is 1. The molecule has 2 aliphatic heterocycles. The first-order chi connectivity index (χ1) is 8.41. The van der Waals surface area contributed by atoms with E-state index >= 15 is 0 Å². The minimum atomic E-state index is -3.20. The second kappa shape index (κ2) is 4.43. The summed E-state index contributed by atoms with van der Waals surface area (Å²) in [6.07, 6.45) is -4.50. The average Bonchev–Trinajstić information content (AvgIpc) is 2.71. The lowest BCUT2D eigenvalue weighted by Crippen LogP contribution is -2.19. The number of hydrogen-bond acceptors (Lipinski definition) is 4. The van der Waals surface area contributed by atoms with Crippen molar-refractivity contribution < 1.29 is 13.2 Å². The maximum atomic E-state index is 13.5. The Bertz CT molecular complexity index is 525. The molecule has 0 aromatic heterocycles. The fourth-order valence-electron chi connectivity index (χ4n) is 1.54. The molecule has 2 rings (SSSR count). The van der Waals surface area contributed by atoms with Gasteiger partial charge in [-0.25, -0.2) is 28.1 Å². The summed E-state index contributed by atoms with van der Waals surface area (Å²) in [5, 5.41) is 0. The summed E-state index contributed by atoms with van der Waals surface area (Å²) in [5.41, 5.74) is 5.67. The molecule has 0 fully saturated rings. The maximum Gasteiger partial charge on any atom is 0.288 e. The molecule has 0 bridgehead atoms. The number of nitrogen functional groups attached to an aromatic ring is 1. The second-order valence-corrected chi connectivity index (χ2v) is 4.14. The Balaban J connectivity index is 2.61. The lowest BCUT2D eigenvalue weighted by atomic mass is 10.2. The highest BCUT2D eigenvalue weighted by atomic mass is 19.3. The van der Waals surface area contributed by atoms with Crippen LogP contribution in [0.2, 0.25) is 0 Å². The number of fused-ring (bicyclic) bond motifs is 1. The normalized spacial score (nSPS) is 13.7. The van der Waals surface area contributed by atoms with Gasteiger partial charge in [0, 0.05) is 5.92 Å². The Morgan fingerprint density at radius 1 is 1.22 bits per heavy atom. The SMILES string of the molecule is CC(C)c1nc2cnc(N)n(C(F)C(F)F)c-2n1. The van der Waals surface area contributed by atoms with Crippen molar-refractivity contribution in [2.75, 3.05) is 5.73 Å². The largest absolute Gasteiger partial charge is 0.369 e. The van der Waals surface area contributed by atoms with E-state index in [0.29, 0.717) is 10.4 Å². The maximum absolute atomic E-state index is 13.5. The van der Waals surface area contributed by atoms with Crippen LogP contribution in [-0.2, 0) is 0 Å². The van der Waals surface area contributed by atoms with E-state index in [0.717, 1.165) is 0 Å². The Hall–Kier alpha value is -1.86. The zero-order chi connectivity index (χ0) is 13.4. The third-order valence-electron chi connectivity index (χ3n) is 2.45. The molecule has 0 saturated heterocycles. The van der Waals surface area contributed by atoms with Gasteiger partial charge in [-0.05, 0) is 0 Å². The third-order valence-corrected chi connectivity index (χ3v) is 2.45. The van der Waals surface area contributed by atoms with Crippen LogP contribution < -0.4 is 5.73 Å². The number of hydrogen-bond donors (Lipinski definition) is 1. The molecule has 2 heterocycles. The molecule has 2 N–H and O–H groups in total. The Labute approximate surface area is 101 Å². The zero-order valence-corrected chi connectivity index (χ0v) is 9.81. The van der Waals surface area contributed by atoms with Crippen molar-refractivity contribution in [1.29, 1.82) is 0 Å². The molecule has 5 nitrogen and oxygen atoms in total. The molecule has 8 heteroatoms. The van der Waals surface area contributed by atoms with Gasteiger partial charge in [0.1, 0.15) is 11.5 Å². The van der Waals surface area contributed by atoms with E-state index in [2.05, 4.69) is 15.0 Å². The molecular weight excluding hydrogens is 247 g/mol. The van der Waals surface area contributed by atoms with Gasteiger partial charge in [0.15, 0.2) is 5.82 Å². The molecule has 98 valence electrons. The van der Waals surface area contributed by atoms with Crippen LogP contribution in [0.15, 0.2) is 6.20 Å². The summed E-state index contributed by atoms with van der Waals surface area (Å²) in [4.78, 5) is 11.8. The van der Waals surface area contributed by atoms with Crippen molar-refractivity contribution in [2.45, 2.75) is 32.5 Å². The fourth-order valence-corrected chi connectivity index (χ4v) is 1.54. The zero-order valence-electron chi connectivity index (χ0n) is 9.81. The number of aromatic nitrogens is 4. The Morgan fingerprint density at radius 3 is 2.44 bits per heavy atom. The highest BCUT2D eigenvalue weighted by molar-refractivity contribution is 5.54. The molecule has 0 aliphatic carbocycles. The van der Waals surface area contributed by atoms with E-state index in [1.807, 2.05) is 13.8 Å². The van der Waals surface area contributed by atoms with Crippen LogP contribution >= 0.6 is 0 Å². The summed E-state index contributed by atoms with van der Waals surface area (Å²) in [6.45, 7) is 3.69. The minimum absolute atomic E-state index is 0.00307. The molecule has 2 aliphatic rings. The molecule has 0 amide bonds. The van der Waals surface area contributed by atoms with Crippen LogP contribution in [0.4, 0.5) is 19.1 Å². The van der Waals surface area contributed by atoms with Crippen LogP contribution in [0, 0.1) is 0 Å². The fraction of sp³-hybridized carbons (Fsp3) is 0.500. The average molecular weight is 259 g/mol. The molecule has 18 heavy (non-hydrogen) atoms. The summed E-state index contributed by atoms with van der Waals surface area (Å²) >= 11 is 0. The number of anilines is 1. The topological polar surface area (TPSA) is 69.6 Å². The summed E-state index contributed by atoms with van der Waals surface area (Å²) in [6, 6.07) is 0. The molecule has 0 spiro atoms. The smallest absolute Gasteiger partial charge is 0.288 e. The van der Waals surface area contributed by atoms with Gasteiger partial charge in [0.05, 0.1) is 6.20 Å². The van der Waals surface area contributed by atoms with Crippen LogP contribution in [0.25, 0.3) is 11.5 Å². The highest BCUT2D eigenvalue weighted by Gasteiger charge is 2.29. The Morgan fingerprint density at radius 2 is 1.89 bits per heavy atom. The van der Waals surface area contributed by atoms with Crippen LogP contribution in [0.3, 0.4) is 0 Å². The molecule has 0 aromatic carbocycles. The number of halogens is 3. The third kappa shape index (κ3) is 1.98. The van der Waals surface area contributed by atoms with E-state index in [9.17, 15) is 13.2 Å². The van der Waals surface area contributed by atoms with Crippen molar-refractivity contribution in [2.24, 2.45) is 0 Å². The van der Waals surface area contributed by atoms with Crippen LogP contribution in [-0.4, -0.2) is 25.9 Å². The van der Waals surface area contributed by atoms with E-state index in [1.54, 1.807) is 0 Å². The summed E-state index contributed by atoms with van der Waals surface area (Å²) < 4.78 is 39.0. The monoisotopic (exact) mass is 259 g/mol. The molecule has 0 aromatic rings. The van der Waals surface area contributed by atoms with E-state index < -0.39 is 12.7 Å². The molecule has 1 unspecified atom stereocenters. The van der Waals surface area contributed by atoms with Gasteiger partial charge in [-0.15, -0.1) is 0 Å². The molecular formula is C10H12F3N5. The van der Waals surface area contributed by atoms with Gasteiger partial charge < -0.3 is 5.73 Å².